The second-order valence-electron chi connectivity index (χ2n) is 5.96. The van der Waals surface area contributed by atoms with Crippen LogP contribution in [0.25, 0.3) is 0 Å². The fourth-order valence-corrected chi connectivity index (χ4v) is 7.16. The van der Waals surface area contributed by atoms with Crippen LogP contribution >= 0.6 is 34.9 Å². The van der Waals surface area contributed by atoms with Gasteiger partial charge in [-0.3, -0.25) is 4.79 Å². The van der Waals surface area contributed by atoms with Crippen LogP contribution in [0.2, 0.25) is 0 Å². The van der Waals surface area contributed by atoms with Crippen molar-refractivity contribution in [1.82, 2.24) is 14.8 Å². The zero-order chi connectivity index (χ0) is 18.2. The second kappa shape index (κ2) is 7.42. The van der Waals surface area contributed by atoms with Gasteiger partial charge in [-0.15, -0.1) is 10.2 Å². The van der Waals surface area contributed by atoms with Crippen molar-refractivity contribution >= 4 is 50.5 Å². The van der Waals surface area contributed by atoms with E-state index in [1.54, 1.807) is 0 Å². The predicted octanol–water partition coefficient (Wildman–Crippen LogP) is 3.01. The highest BCUT2D eigenvalue weighted by molar-refractivity contribution is 8.03. The van der Waals surface area contributed by atoms with E-state index in [0.29, 0.717) is 17.7 Å². The standard InChI is InChI=1S/C15H19N3O3S4/c1-9-6-12(10(2)18(9)11-4-5-25(20,21)8-11)13(19)7-23-15-17-16-14(22-3)24-15/h6,11H,4-5,7-8H2,1-3H3/t11-/m1/s1. The lowest BCUT2D eigenvalue weighted by molar-refractivity contribution is 0.102. The average Bonchev–Trinajstić information content (AvgIpc) is 3.23. The molecule has 10 heteroatoms. The fourth-order valence-electron chi connectivity index (χ4n) is 3.14. The van der Waals surface area contributed by atoms with E-state index in [1.807, 2.05) is 30.7 Å². The topological polar surface area (TPSA) is 81.9 Å². The number of hydrogen-bond acceptors (Lipinski definition) is 8. The molecule has 1 fully saturated rings. The third-order valence-electron chi connectivity index (χ3n) is 4.25. The van der Waals surface area contributed by atoms with Crippen LogP contribution in [0.4, 0.5) is 0 Å². The van der Waals surface area contributed by atoms with E-state index in [-0.39, 0.29) is 23.3 Å². The van der Waals surface area contributed by atoms with E-state index in [1.165, 1.54) is 34.9 Å². The summed E-state index contributed by atoms with van der Waals surface area (Å²) in [5.74, 6) is 0.721. The van der Waals surface area contributed by atoms with Crippen LogP contribution in [0.5, 0.6) is 0 Å². The van der Waals surface area contributed by atoms with Gasteiger partial charge in [-0.1, -0.05) is 34.9 Å². The third kappa shape index (κ3) is 4.12. The van der Waals surface area contributed by atoms with Gasteiger partial charge >= 0.3 is 0 Å². The Morgan fingerprint density at radius 1 is 1.36 bits per heavy atom. The molecule has 6 nitrogen and oxygen atoms in total. The number of hydrogen-bond donors (Lipinski definition) is 0. The molecule has 1 aliphatic heterocycles. The van der Waals surface area contributed by atoms with Crippen LogP contribution < -0.4 is 0 Å². The Balaban J connectivity index is 1.74. The molecular formula is C15H19N3O3S4. The van der Waals surface area contributed by atoms with Crippen molar-refractivity contribution in [2.75, 3.05) is 23.5 Å². The highest BCUT2D eigenvalue weighted by atomic mass is 32.2. The monoisotopic (exact) mass is 417 g/mol. The summed E-state index contributed by atoms with van der Waals surface area (Å²) in [6.45, 7) is 3.82. The highest BCUT2D eigenvalue weighted by Gasteiger charge is 2.31. The maximum Gasteiger partial charge on any atom is 0.175 e. The smallest absolute Gasteiger partial charge is 0.175 e. The van der Waals surface area contributed by atoms with Crippen LogP contribution in [0, 0.1) is 13.8 Å². The maximum atomic E-state index is 12.6. The first-order valence-corrected chi connectivity index (χ1v) is 12.6. The predicted molar refractivity (Wildman–Crippen MR) is 103 cm³/mol. The van der Waals surface area contributed by atoms with Crippen molar-refractivity contribution in [1.29, 1.82) is 0 Å². The second-order valence-corrected chi connectivity index (χ2v) is 11.4. The molecule has 3 heterocycles. The molecule has 2 aromatic rings. The van der Waals surface area contributed by atoms with E-state index < -0.39 is 9.84 Å². The molecule has 0 bridgehead atoms. The van der Waals surface area contributed by atoms with Crippen molar-refractivity contribution in [2.45, 2.75) is 35.0 Å². The van der Waals surface area contributed by atoms with Gasteiger partial charge in [0.1, 0.15) is 0 Å². The molecule has 0 spiro atoms. The minimum Gasteiger partial charge on any atom is -0.344 e. The van der Waals surface area contributed by atoms with E-state index in [0.717, 1.165) is 20.1 Å². The lowest BCUT2D eigenvalue weighted by atomic mass is 10.2. The molecule has 136 valence electrons. The number of sulfone groups is 1. The Bertz CT molecular complexity index is 901. The average molecular weight is 418 g/mol. The first-order chi connectivity index (χ1) is 11.8. The number of carbonyl (C=O) groups excluding carboxylic acids is 1. The lowest BCUT2D eigenvalue weighted by Crippen LogP contribution is -2.14. The Morgan fingerprint density at radius 3 is 2.68 bits per heavy atom. The molecule has 2 aromatic heterocycles. The molecule has 1 saturated heterocycles. The summed E-state index contributed by atoms with van der Waals surface area (Å²) in [5.41, 5.74) is 2.46. The normalized spacial score (nSPS) is 19.4. The van der Waals surface area contributed by atoms with Crippen molar-refractivity contribution in [3.63, 3.8) is 0 Å². The van der Waals surface area contributed by atoms with Gasteiger partial charge in [-0.25, -0.2) is 8.42 Å². The Kier molecular flexibility index (Phi) is 5.62. The Morgan fingerprint density at radius 2 is 2.08 bits per heavy atom. The molecule has 1 atom stereocenters. The molecule has 0 aliphatic carbocycles. The summed E-state index contributed by atoms with van der Waals surface area (Å²) in [5, 5.41) is 8.09. The molecule has 0 saturated carbocycles. The summed E-state index contributed by atoms with van der Waals surface area (Å²) in [4.78, 5) is 12.6. The number of rotatable bonds is 6. The quantitative estimate of drug-likeness (QED) is 0.528. The number of ketones is 1. The number of thioether (sulfide) groups is 2. The van der Waals surface area contributed by atoms with Crippen molar-refractivity contribution in [2.24, 2.45) is 0 Å². The highest BCUT2D eigenvalue weighted by Crippen LogP contribution is 2.31. The fraction of sp³-hybridized carbons (Fsp3) is 0.533. The Hall–Kier alpha value is -0.840. The van der Waals surface area contributed by atoms with Crippen molar-refractivity contribution in [3.05, 3.63) is 23.0 Å². The first kappa shape index (κ1) is 18.9. The van der Waals surface area contributed by atoms with Crippen molar-refractivity contribution in [3.8, 4) is 0 Å². The molecule has 0 unspecified atom stereocenters. The number of aromatic nitrogens is 3. The summed E-state index contributed by atoms with van der Waals surface area (Å²) < 4.78 is 27.2. The van der Waals surface area contributed by atoms with Crippen molar-refractivity contribution < 1.29 is 13.2 Å². The van der Waals surface area contributed by atoms with Gasteiger partial charge in [-0.05, 0) is 32.6 Å². The zero-order valence-electron chi connectivity index (χ0n) is 14.2. The molecule has 0 aromatic carbocycles. The summed E-state index contributed by atoms with van der Waals surface area (Å²) >= 11 is 4.41. The van der Waals surface area contributed by atoms with Gasteiger partial charge in [0.25, 0.3) is 0 Å². The molecule has 0 amide bonds. The van der Waals surface area contributed by atoms with E-state index in [9.17, 15) is 13.2 Å². The molecule has 25 heavy (non-hydrogen) atoms. The minimum atomic E-state index is -2.96. The van der Waals surface area contributed by atoms with Gasteiger partial charge in [0, 0.05) is 23.0 Å². The van der Waals surface area contributed by atoms with Crippen LogP contribution in [-0.2, 0) is 9.84 Å². The molecule has 0 N–H and O–H groups in total. The summed E-state index contributed by atoms with van der Waals surface area (Å²) in [6, 6.07) is 1.81. The maximum absolute atomic E-state index is 12.6. The van der Waals surface area contributed by atoms with Gasteiger partial charge in [0.2, 0.25) is 0 Å². The van der Waals surface area contributed by atoms with Crippen LogP contribution in [-0.4, -0.2) is 52.5 Å². The van der Waals surface area contributed by atoms with E-state index in [2.05, 4.69) is 10.2 Å². The van der Waals surface area contributed by atoms with Crippen LogP contribution in [0.1, 0.15) is 34.2 Å². The number of carbonyl (C=O) groups is 1. The summed E-state index contributed by atoms with van der Waals surface area (Å²) in [6.07, 6.45) is 2.56. The molecular weight excluding hydrogens is 398 g/mol. The van der Waals surface area contributed by atoms with Crippen LogP contribution in [0.3, 0.4) is 0 Å². The van der Waals surface area contributed by atoms with Crippen LogP contribution in [0.15, 0.2) is 14.7 Å². The largest absolute Gasteiger partial charge is 0.344 e. The Labute approximate surface area is 159 Å². The third-order valence-corrected chi connectivity index (χ3v) is 9.03. The SMILES string of the molecule is CSc1nnc(SCC(=O)c2cc(C)n([C@@H]3CCS(=O)(=O)C3)c2C)s1. The first-order valence-electron chi connectivity index (χ1n) is 7.73. The van der Waals surface area contributed by atoms with Gasteiger partial charge in [0.05, 0.1) is 17.3 Å². The molecule has 3 rings (SSSR count). The van der Waals surface area contributed by atoms with E-state index in [4.69, 9.17) is 0 Å². The number of nitrogens with zero attached hydrogens (tertiary/aromatic N) is 3. The summed E-state index contributed by atoms with van der Waals surface area (Å²) in [7, 11) is -2.96. The molecule has 1 aliphatic rings. The van der Waals surface area contributed by atoms with Gasteiger partial charge in [0.15, 0.2) is 24.3 Å². The zero-order valence-corrected chi connectivity index (χ0v) is 17.4. The lowest BCUT2D eigenvalue weighted by Gasteiger charge is -2.16. The molecule has 0 radical (unpaired) electrons. The number of aryl methyl sites for hydroxylation is 1. The minimum absolute atomic E-state index is 0.0334. The van der Waals surface area contributed by atoms with Gasteiger partial charge in [-0.2, -0.15) is 0 Å². The number of Topliss-reactive ketones (excluding diaryl/α,β-unsaturated/α-hetero) is 1. The van der Waals surface area contributed by atoms with E-state index >= 15 is 0 Å². The van der Waals surface area contributed by atoms with Gasteiger partial charge < -0.3 is 4.57 Å².